The maximum Gasteiger partial charge on any atom is 0.303 e. The van der Waals surface area contributed by atoms with Gasteiger partial charge in [-0.05, 0) is 11.5 Å². The van der Waals surface area contributed by atoms with Gasteiger partial charge in [0.1, 0.15) is 24.6 Å². The molecule has 166 valence electrons. The van der Waals surface area contributed by atoms with Gasteiger partial charge in [0.15, 0.2) is 0 Å². The molecule has 10 heteroatoms. The zero-order chi connectivity index (χ0) is 22.4. The van der Waals surface area contributed by atoms with Crippen LogP contribution in [0.2, 0.25) is 0 Å². The van der Waals surface area contributed by atoms with Gasteiger partial charge in [0.2, 0.25) is 11.8 Å². The van der Waals surface area contributed by atoms with E-state index in [2.05, 4.69) is 15.6 Å². The number of hydrogen-bond acceptors (Lipinski definition) is 6. The number of carboxylic acid groups (broad SMARTS) is 1. The van der Waals surface area contributed by atoms with E-state index in [1.165, 1.54) is 4.68 Å². The predicted molar refractivity (Wildman–Crippen MR) is 110 cm³/mol. The summed E-state index contributed by atoms with van der Waals surface area (Å²) in [7, 11) is 0. The van der Waals surface area contributed by atoms with Crippen LogP contribution in [0.5, 0.6) is 5.75 Å². The van der Waals surface area contributed by atoms with Crippen molar-refractivity contribution in [1.82, 2.24) is 25.2 Å². The van der Waals surface area contributed by atoms with Crippen molar-refractivity contribution in [3.05, 3.63) is 41.7 Å². The number of carbonyl (C=O) groups is 3. The molecule has 0 atom stereocenters. The van der Waals surface area contributed by atoms with Crippen LogP contribution in [-0.2, 0) is 34.0 Å². The Morgan fingerprint density at radius 2 is 1.97 bits per heavy atom. The topological polar surface area (TPSA) is 127 Å². The van der Waals surface area contributed by atoms with Gasteiger partial charge in [0, 0.05) is 18.5 Å². The number of hydrogen-bond donors (Lipinski definition) is 2. The van der Waals surface area contributed by atoms with Gasteiger partial charge in [0.25, 0.3) is 0 Å². The number of nitrogens with one attached hydrogen (secondary N) is 1. The zero-order valence-corrected chi connectivity index (χ0v) is 17.7. The van der Waals surface area contributed by atoms with Gasteiger partial charge in [-0.1, -0.05) is 37.3 Å². The molecule has 0 fully saturated rings. The summed E-state index contributed by atoms with van der Waals surface area (Å²) in [5.74, 6) is -0.729. The summed E-state index contributed by atoms with van der Waals surface area (Å²) < 4.78 is 7.25. The summed E-state index contributed by atoms with van der Waals surface area (Å²) in [5, 5.41) is 20.0. The third-order valence-corrected chi connectivity index (χ3v) is 4.87. The second-order valence-corrected chi connectivity index (χ2v) is 8.37. The van der Waals surface area contributed by atoms with E-state index in [1.54, 1.807) is 24.9 Å². The molecule has 10 nitrogen and oxygen atoms in total. The highest BCUT2D eigenvalue weighted by Crippen LogP contribution is 2.28. The number of ether oxygens (including phenoxy) is 1. The molecule has 0 radical (unpaired) electrons. The van der Waals surface area contributed by atoms with Crippen LogP contribution in [-0.4, -0.2) is 55.9 Å². The first-order valence-electron chi connectivity index (χ1n) is 10.1. The first kappa shape index (κ1) is 22.3. The normalized spacial score (nSPS) is 15.3. The van der Waals surface area contributed by atoms with Crippen molar-refractivity contribution >= 4 is 17.8 Å². The fraction of sp³-hybridized carbons (Fsp3) is 0.476. The Bertz CT molecular complexity index is 955. The van der Waals surface area contributed by atoms with Crippen LogP contribution in [0, 0.1) is 5.41 Å². The molecule has 31 heavy (non-hydrogen) atoms. The Morgan fingerprint density at radius 3 is 2.74 bits per heavy atom. The smallest absolute Gasteiger partial charge is 0.303 e. The molecule has 1 aromatic heterocycles. The lowest BCUT2D eigenvalue weighted by molar-refractivity contribution is -0.141. The number of rotatable bonds is 4. The molecule has 0 aliphatic carbocycles. The first-order valence-corrected chi connectivity index (χ1v) is 10.1. The minimum Gasteiger partial charge on any atom is -0.491 e. The maximum atomic E-state index is 13.2. The number of benzene rings is 1. The van der Waals surface area contributed by atoms with E-state index in [4.69, 9.17) is 9.84 Å². The standard InChI is InChI=1S/C21H27N5O5/c1-21(2,10-20(29)30)9-19(28)25-11-15-5-3-4-6-17(15)31-8-7-22-18(27)14-26-13-16(12-25)23-24-26/h3-6,13H,7-12,14H2,1-2H3,(H,22,27)(H,29,30). The van der Waals surface area contributed by atoms with Gasteiger partial charge < -0.3 is 20.1 Å². The highest BCUT2D eigenvalue weighted by atomic mass is 16.5. The number of para-hydroxylation sites is 1. The van der Waals surface area contributed by atoms with Gasteiger partial charge in [-0.2, -0.15) is 0 Å². The van der Waals surface area contributed by atoms with E-state index in [1.807, 2.05) is 24.3 Å². The zero-order valence-electron chi connectivity index (χ0n) is 17.7. The van der Waals surface area contributed by atoms with E-state index in [-0.39, 0.29) is 50.9 Å². The molecule has 1 aliphatic rings. The van der Waals surface area contributed by atoms with Gasteiger partial charge >= 0.3 is 5.97 Å². The number of nitrogens with zero attached hydrogens (tertiary/aromatic N) is 4. The fourth-order valence-electron chi connectivity index (χ4n) is 3.44. The Labute approximate surface area is 180 Å². The molecule has 1 aromatic carbocycles. The van der Waals surface area contributed by atoms with Gasteiger partial charge in [-0.15, -0.1) is 5.10 Å². The number of aliphatic carboxylic acids is 1. The molecule has 1 aliphatic heterocycles. The second-order valence-electron chi connectivity index (χ2n) is 8.37. The summed E-state index contributed by atoms with van der Waals surface area (Å²) in [6.45, 7) is 4.61. The van der Waals surface area contributed by atoms with Crippen molar-refractivity contribution in [3.63, 3.8) is 0 Å². The third kappa shape index (κ3) is 6.53. The number of carbonyl (C=O) groups excluding carboxylic acids is 2. The van der Waals surface area contributed by atoms with Crippen LogP contribution in [0.25, 0.3) is 0 Å². The number of carboxylic acids is 1. The quantitative estimate of drug-likeness (QED) is 0.748. The average Bonchev–Trinajstić information content (AvgIpc) is 3.10. The van der Waals surface area contributed by atoms with Gasteiger partial charge in [-0.25, -0.2) is 4.68 Å². The molecule has 0 unspecified atom stereocenters. The van der Waals surface area contributed by atoms with Crippen LogP contribution >= 0.6 is 0 Å². The van der Waals surface area contributed by atoms with Crippen LogP contribution in [0.3, 0.4) is 0 Å². The molecule has 0 saturated carbocycles. The molecule has 0 spiro atoms. The minimum atomic E-state index is -0.946. The monoisotopic (exact) mass is 429 g/mol. The van der Waals surface area contributed by atoms with E-state index in [0.717, 1.165) is 5.56 Å². The van der Waals surface area contributed by atoms with Crippen LogP contribution in [0.15, 0.2) is 30.5 Å². The van der Waals surface area contributed by atoms with E-state index in [0.29, 0.717) is 18.0 Å². The number of aromatic nitrogens is 3. The summed E-state index contributed by atoms with van der Waals surface area (Å²) in [6, 6.07) is 7.39. The van der Waals surface area contributed by atoms with Crippen LogP contribution in [0.4, 0.5) is 0 Å². The van der Waals surface area contributed by atoms with E-state index >= 15 is 0 Å². The SMILES string of the molecule is CC(C)(CC(=O)O)CC(=O)N1Cc2cn(nn2)CC(=O)NCCOc2ccccc2C1. The molecule has 0 saturated heterocycles. The Morgan fingerprint density at radius 1 is 1.19 bits per heavy atom. The van der Waals surface area contributed by atoms with Crippen molar-refractivity contribution in [1.29, 1.82) is 0 Å². The number of fused-ring (bicyclic) bond motifs is 3. The lowest BCUT2D eigenvalue weighted by atomic mass is 9.85. The lowest BCUT2D eigenvalue weighted by Gasteiger charge is -2.28. The molecule has 2 N–H and O–H groups in total. The molecular weight excluding hydrogens is 402 g/mol. The summed E-state index contributed by atoms with van der Waals surface area (Å²) in [6.07, 6.45) is 1.59. The number of amides is 2. The molecule has 3 rings (SSSR count). The van der Waals surface area contributed by atoms with Crippen LogP contribution < -0.4 is 10.1 Å². The Balaban J connectivity index is 1.89. The summed E-state index contributed by atoms with van der Waals surface area (Å²) in [4.78, 5) is 38.0. The van der Waals surface area contributed by atoms with Gasteiger partial charge in [-0.3, -0.25) is 14.4 Å². The largest absolute Gasteiger partial charge is 0.491 e. The van der Waals surface area contributed by atoms with Crippen LogP contribution in [0.1, 0.15) is 37.9 Å². The molecular formula is C21H27N5O5. The third-order valence-electron chi connectivity index (χ3n) is 4.87. The van der Waals surface area contributed by atoms with Crippen molar-refractivity contribution in [2.24, 2.45) is 5.41 Å². The summed E-state index contributed by atoms with van der Waals surface area (Å²) >= 11 is 0. The van der Waals surface area contributed by atoms with Crippen molar-refractivity contribution in [3.8, 4) is 5.75 Å². The first-order chi connectivity index (χ1) is 14.7. The lowest BCUT2D eigenvalue weighted by Crippen LogP contribution is -2.35. The highest BCUT2D eigenvalue weighted by molar-refractivity contribution is 5.78. The fourth-order valence-corrected chi connectivity index (χ4v) is 3.44. The highest BCUT2D eigenvalue weighted by Gasteiger charge is 2.29. The summed E-state index contributed by atoms with van der Waals surface area (Å²) in [5.41, 5.74) is 0.642. The Kier molecular flexibility index (Phi) is 6.88. The van der Waals surface area contributed by atoms with Crippen molar-refractivity contribution < 1.29 is 24.2 Å². The predicted octanol–water partition coefficient (Wildman–Crippen LogP) is 1.21. The maximum absolute atomic E-state index is 13.2. The van der Waals surface area contributed by atoms with Gasteiger partial charge in [0.05, 0.1) is 25.7 Å². The van der Waals surface area contributed by atoms with Crippen molar-refractivity contribution in [2.75, 3.05) is 13.2 Å². The molecule has 2 heterocycles. The second kappa shape index (κ2) is 9.59. The molecule has 2 aromatic rings. The minimum absolute atomic E-state index is 0.0170. The molecule has 2 amide bonds. The van der Waals surface area contributed by atoms with Crippen molar-refractivity contribution in [2.45, 2.75) is 46.3 Å². The Hall–Kier alpha value is -3.43. The molecule has 2 bridgehead atoms. The van der Waals surface area contributed by atoms with E-state index in [9.17, 15) is 14.4 Å². The van der Waals surface area contributed by atoms with E-state index < -0.39 is 11.4 Å². The average molecular weight is 429 g/mol.